The van der Waals surface area contributed by atoms with E-state index in [-0.39, 0.29) is 36.8 Å². The molecule has 1 aliphatic rings. The van der Waals surface area contributed by atoms with Gasteiger partial charge in [0.05, 0.1) is 19.2 Å². The third-order valence-electron chi connectivity index (χ3n) is 4.39. The van der Waals surface area contributed by atoms with Gasteiger partial charge in [-0.1, -0.05) is 6.07 Å². The lowest BCUT2D eigenvalue weighted by Crippen LogP contribution is -2.42. The second-order valence-corrected chi connectivity index (χ2v) is 7.75. The van der Waals surface area contributed by atoms with E-state index >= 15 is 0 Å². The van der Waals surface area contributed by atoms with Crippen molar-refractivity contribution >= 4 is 28.8 Å². The Morgan fingerprint density at radius 2 is 2.04 bits per heavy atom. The van der Waals surface area contributed by atoms with Crippen LogP contribution in [0.3, 0.4) is 0 Å². The summed E-state index contributed by atoms with van der Waals surface area (Å²) in [6.07, 6.45) is 2.20. The van der Waals surface area contributed by atoms with Crippen LogP contribution in [0.25, 0.3) is 0 Å². The third kappa shape index (κ3) is 6.70. The number of thiophene rings is 1. The Morgan fingerprint density at radius 3 is 2.71 bits per heavy atom. The van der Waals surface area contributed by atoms with Crippen molar-refractivity contribution in [3.63, 3.8) is 0 Å². The summed E-state index contributed by atoms with van der Waals surface area (Å²) in [4.78, 5) is 27.5. The Balaban J connectivity index is 1.46. The van der Waals surface area contributed by atoms with Gasteiger partial charge in [0.1, 0.15) is 5.82 Å². The summed E-state index contributed by atoms with van der Waals surface area (Å²) in [5, 5.41) is 7.28. The molecule has 2 N–H and O–H groups in total. The molecule has 1 fully saturated rings. The maximum Gasteiger partial charge on any atom is 0.243 e. The van der Waals surface area contributed by atoms with Crippen LogP contribution < -0.4 is 10.6 Å². The lowest BCUT2D eigenvalue weighted by Gasteiger charge is -2.24. The van der Waals surface area contributed by atoms with Gasteiger partial charge >= 0.3 is 0 Å². The summed E-state index contributed by atoms with van der Waals surface area (Å²) >= 11 is 1.65. The van der Waals surface area contributed by atoms with Crippen molar-refractivity contribution < 1.29 is 18.7 Å². The predicted octanol–water partition coefficient (Wildman–Crippen LogP) is 2.62. The number of hydrogen-bond acceptors (Lipinski definition) is 5. The van der Waals surface area contributed by atoms with Crippen LogP contribution in [0.1, 0.15) is 17.7 Å². The van der Waals surface area contributed by atoms with E-state index in [1.165, 1.54) is 29.1 Å². The van der Waals surface area contributed by atoms with Crippen molar-refractivity contribution in [1.82, 2.24) is 10.2 Å². The van der Waals surface area contributed by atoms with Gasteiger partial charge in [0, 0.05) is 30.3 Å². The van der Waals surface area contributed by atoms with Crippen molar-refractivity contribution in [2.45, 2.75) is 25.5 Å². The quantitative estimate of drug-likeness (QED) is 0.673. The van der Waals surface area contributed by atoms with E-state index in [1.807, 2.05) is 17.5 Å². The second kappa shape index (κ2) is 10.3. The Labute approximate surface area is 167 Å². The molecule has 1 atom stereocenters. The molecule has 0 unspecified atom stereocenters. The molecule has 0 spiro atoms. The van der Waals surface area contributed by atoms with Gasteiger partial charge in [0.15, 0.2) is 0 Å². The third-order valence-corrected chi connectivity index (χ3v) is 5.25. The summed E-state index contributed by atoms with van der Waals surface area (Å²) in [6.45, 7) is 2.19. The van der Waals surface area contributed by atoms with E-state index in [9.17, 15) is 14.0 Å². The van der Waals surface area contributed by atoms with Gasteiger partial charge in [-0.3, -0.25) is 14.5 Å². The van der Waals surface area contributed by atoms with Gasteiger partial charge < -0.3 is 15.4 Å². The monoisotopic (exact) mass is 405 g/mol. The first-order chi connectivity index (χ1) is 13.6. The van der Waals surface area contributed by atoms with Crippen molar-refractivity contribution in [1.29, 1.82) is 0 Å². The molecular formula is C20H24FN3O3S. The van der Waals surface area contributed by atoms with E-state index in [2.05, 4.69) is 15.5 Å². The highest BCUT2D eigenvalue weighted by Gasteiger charge is 2.21. The van der Waals surface area contributed by atoms with Gasteiger partial charge in [-0.25, -0.2) is 4.39 Å². The predicted molar refractivity (Wildman–Crippen MR) is 107 cm³/mol. The number of carbonyl (C=O) groups is 2. The summed E-state index contributed by atoms with van der Waals surface area (Å²) in [6, 6.07) is 9.51. The molecule has 1 aliphatic heterocycles. The van der Waals surface area contributed by atoms with Crippen LogP contribution in [0.15, 0.2) is 41.8 Å². The first-order valence-electron chi connectivity index (χ1n) is 9.27. The second-order valence-electron chi connectivity index (χ2n) is 6.72. The highest BCUT2D eigenvalue weighted by Crippen LogP contribution is 2.17. The largest absolute Gasteiger partial charge is 0.377 e. The van der Waals surface area contributed by atoms with E-state index in [0.29, 0.717) is 18.8 Å². The first kappa shape index (κ1) is 20.4. The number of ether oxygens (including phenoxy) is 1. The smallest absolute Gasteiger partial charge is 0.243 e. The number of amides is 2. The molecule has 2 amide bonds. The standard InChI is InChI=1S/C20H24FN3O3S/c21-15-5-7-16(8-6-15)23-19(25)11-22-20(26)14-24(12-17-3-1-9-27-17)13-18-4-2-10-28-18/h2,4-8,10,17H,1,3,9,11-14H2,(H,22,26)(H,23,25)/t17-/m1/s1. The molecular weight excluding hydrogens is 381 g/mol. The number of benzene rings is 1. The highest BCUT2D eigenvalue weighted by molar-refractivity contribution is 7.09. The number of carbonyl (C=O) groups excluding carboxylic acids is 2. The lowest BCUT2D eigenvalue weighted by atomic mass is 10.2. The van der Waals surface area contributed by atoms with Gasteiger partial charge in [-0.05, 0) is 48.6 Å². The fourth-order valence-corrected chi connectivity index (χ4v) is 3.81. The first-order valence-corrected chi connectivity index (χ1v) is 10.1. The number of hydrogen-bond donors (Lipinski definition) is 2. The Hall–Kier alpha value is -2.29. The van der Waals surface area contributed by atoms with Crippen LogP contribution >= 0.6 is 11.3 Å². The molecule has 0 radical (unpaired) electrons. The van der Waals surface area contributed by atoms with E-state index in [1.54, 1.807) is 11.3 Å². The number of anilines is 1. The molecule has 1 saturated heterocycles. The van der Waals surface area contributed by atoms with Crippen LogP contribution in [0.5, 0.6) is 0 Å². The van der Waals surface area contributed by atoms with Crippen LogP contribution in [0.4, 0.5) is 10.1 Å². The molecule has 3 rings (SSSR count). The van der Waals surface area contributed by atoms with Crippen LogP contribution in [-0.2, 0) is 20.9 Å². The topological polar surface area (TPSA) is 70.7 Å². The van der Waals surface area contributed by atoms with E-state index in [4.69, 9.17) is 4.74 Å². The fourth-order valence-electron chi connectivity index (χ4n) is 3.06. The van der Waals surface area contributed by atoms with Crippen LogP contribution in [0, 0.1) is 5.82 Å². The normalized spacial score (nSPS) is 16.3. The maximum absolute atomic E-state index is 12.9. The summed E-state index contributed by atoms with van der Waals surface area (Å²) in [5.41, 5.74) is 0.485. The minimum absolute atomic E-state index is 0.136. The number of rotatable bonds is 9. The summed E-state index contributed by atoms with van der Waals surface area (Å²) < 4.78 is 18.6. The number of nitrogens with one attached hydrogen (secondary N) is 2. The zero-order chi connectivity index (χ0) is 19.8. The highest BCUT2D eigenvalue weighted by atomic mass is 32.1. The average Bonchev–Trinajstić information content (AvgIpc) is 3.36. The van der Waals surface area contributed by atoms with E-state index < -0.39 is 0 Å². The Bertz CT molecular complexity index is 762. The fraction of sp³-hybridized carbons (Fsp3) is 0.400. The van der Waals surface area contributed by atoms with Crippen molar-refractivity contribution in [2.24, 2.45) is 0 Å². The van der Waals surface area contributed by atoms with Crippen molar-refractivity contribution in [3.8, 4) is 0 Å². The molecule has 28 heavy (non-hydrogen) atoms. The summed E-state index contributed by atoms with van der Waals surface area (Å²) in [5.74, 6) is -0.948. The van der Waals surface area contributed by atoms with Crippen LogP contribution in [-0.4, -0.2) is 49.1 Å². The summed E-state index contributed by atoms with van der Waals surface area (Å²) in [7, 11) is 0. The van der Waals surface area contributed by atoms with Gasteiger partial charge in [0.2, 0.25) is 11.8 Å². The molecule has 1 aromatic carbocycles. The van der Waals surface area contributed by atoms with Crippen LogP contribution in [0.2, 0.25) is 0 Å². The van der Waals surface area contributed by atoms with Gasteiger partial charge in [-0.2, -0.15) is 0 Å². The van der Waals surface area contributed by atoms with Crippen molar-refractivity contribution in [2.75, 3.05) is 31.6 Å². The van der Waals surface area contributed by atoms with Gasteiger partial charge in [-0.15, -0.1) is 11.3 Å². The minimum atomic E-state index is -0.372. The number of nitrogens with zero attached hydrogens (tertiary/aromatic N) is 1. The minimum Gasteiger partial charge on any atom is -0.377 e. The Morgan fingerprint density at radius 1 is 1.21 bits per heavy atom. The molecule has 2 aromatic rings. The molecule has 6 nitrogen and oxygen atoms in total. The molecule has 150 valence electrons. The van der Waals surface area contributed by atoms with Gasteiger partial charge in [0.25, 0.3) is 0 Å². The van der Waals surface area contributed by atoms with Crippen molar-refractivity contribution in [3.05, 3.63) is 52.5 Å². The van der Waals surface area contributed by atoms with E-state index in [0.717, 1.165) is 19.4 Å². The molecule has 2 heterocycles. The molecule has 0 aliphatic carbocycles. The molecule has 1 aromatic heterocycles. The average molecular weight is 405 g/mol. The zero-order valence-electron chi connectivity index (χ0n) is 15.5. The molecule has 8 heteroatoms. The maximum atomic E-state index is 12.9. The SMILES string of the molecule is O=C(CN(Cc1cccs1)C[C@H]1CCCO1)NCC(=O)Nc1ccc(F)cc1. The molecule has 0 saturated carbocycles. The Kier molecular flexibility index (Phi) is 7.53. The lowest BCUT2D eigenvalue weighted by molar-refractivity contribution is -0.125. The zero-order valence-corrected chi connectivity index (χ0v) is 16.3. The number of halogens is 1. The molecule has 0 bridgehead atoms.